The van der Waals surface area contributed by atoms with Gasteiger partial charge in [0.15, 0.2) is 34.8 Å². The second-order valence-electron chi connectivity index (χ2n) is 27.1. The number of aromatic nitrogens is 10. The van der Waals surface area contributed by atoms with Crippen LogP contribution in [0.4, 0.5) is 0 Å². The van der Waals surface area contributed by atoms with Crippen molar-refractivity contribution in [1.29, 1.82) is 0 Å². The summed E-state index contributed by atoms with van der Waals surface area (Å²) in [5.74, 6) is 5.84. The number of benzene rings is 8. The molecule has 2 aliphatic rings. The molecule has 0 spiro atoms. The molecule has 7 heterocycles. The fraction of sp³-hybridized carbons (Fsp3) is 0.372. The number of nitrogens with one attached hydrogen (secondary N) is 2. The average Bonchev–Trinajstić information content (AvgIpc) is 1.51. The molecular weight excluding hydrogens is 1300 g/mol. The molecule has 18 nitrogen and oxygen atoms in total. The van der Waals surface area contributed by atoms with E-state index in [4.69, 9.17) is 77.8 Å². The van der Waals surface area contributed by atoms with Gasteiger partial charge >= 0.3 is 0 Å². The van der Waals surface area contributed by atoms with Gasteiger partial charge < -0.3 is 47.9 Å². The fourth-order valence-electron chi connectivity index (χ4n) is 14.2. The van der Waals surface area contributed by atoms with Crippen LogP contribution in [0.5, 0.6) is 46.0 Å². The molecule has 2 N–H and O–H groups in total. The van der Waals surface area contributed by atoms with Crippen LogP contribution in [0.3, 0.4) is 0 Å². The van der Waals surface area contributed by atoms with Gasteiger partial charge in [-0.3, -0.25) is 9.97 Å². The van der Waals surface area contributed by atoms with E-state index < -0.39 is 0 Å². The minimum Gasteiger partial charge on any atom is -0.492 e. The quantitative estimate of drug-likeness (QED) is 0.0297. The number of H-pyrrole nitrogens is 2. The zero-order valence-electron chi connectivity index (χ0n) is 61.2. The van der Waals surface area contributed by atoms with Crippen LogP contribution in [0, 0.1) is 0 Å². The van der Waals surface area contributed by atoms with Crippen molar-refractivity contribution in [3.05, 3.63) is 109 Å². The summed E-state index contributed by atoms with van der Waals surface area (Å²) in [6.45, 7) is 20.6. The molecule has 0 fully saturated rings. The van der Waals surface area contributed by atoms with Gasteiger partial charge in [0.05, 0.1) is 96.7 Å². The summed E-state index contributed by atoms with van der Waals surface area (Å²) in [4.78, 5) is 53.2. The maximum absolute atomic E-state index is 7.30. The summed E-state index contributed by atoms with van der Waals surface area (Å²) in [5.41, 5.74) is 5.24. The SMILES string of the molecule is CCCCOc1c2c(c(OCCCC)c3cc4ccccc4cc13)-c1nc-2nc2[nH]c(nc3nc(nc4[nH]c(n1)c1c(OCCCC)c5ncccc5c(OCCCC)c41)-c1c-3c(OCCCC)c3cc4ccccc4cc3c1OCCCC)c1c(OCCCC)c3ncccc3c(OCCCC)c21. The maximum Gasteiger partial charge on any atom is 0.168 e. The lowest BCUT2D eigenvalue weighted by atomic mass is 9.95. The van der Waals surface area contributed by atoms with Crippen molar-refractivity contribution in [2.75, 3.05) is 52.9 Å². The summed E-state index contributed by atoms with van der Waals surface area (Å²) in [5, 5.41) is 11.5. The molecule has 534 valence electrons. The number of hydrogen-bond donors (Lipinski definition) is 2. The first-order valence-corrected chi connectivity index (χ1v) is 38.1. The summed E-state index contributed by atoms with van der Waals surface area (Å²) < 4.78 is 57.9. The summed E-state index contributed by atoms with van der Waals surface area (Å²) in [6.07, 6.45) is 17.1. The third-order valence-corrected chi connectivity index (χ3v) is 19.7. The smallest absolute Gasteiger partial charge is 0.168 e. The van der Waals surface area contributed by atoms with Gasteiger partial charge in [-0.05, 0) is 121 Å². The van der Waals surface area contributed by atoms with Gasteiger partial charge in [0.1, 0.15) is 68.1 Å². The number of unbranched alkanes of at least 4 members (excludes halogenated alkanes) is 8. The van der Waals surface area contributed by atoms with Crippen LogP contribution in [0.1, 0.15) is 158 Å². The van der Waals surface area contributed by atoms with Crippen molar-refractivity contribution >= 4 is 109 Å². The Morgan fingerprint density at radius 3 is 0.760 bits per heavy atom. The highest BCUT2D eigenvalue weighted by Gasteiger charge is 2.37. The summed E-state index contributed by atoms with van der Waals surface area (Å²) >= 11 is 0. The lowest BCUT2D eigenvalue weighted by Crippen LogP contribution is -2.04. The number of nitrogens with zero attached hydrogens (tertiary/aromatic N) is 8. The molecule has 0 radical (unpaired) electrons. The molecule has 8 bridgehead atoms. The largest absolute Gasteiger partial charge is 0.492 e. The number of ether oxygens (including phenoxy) is 8. The lowest BCUT2D eigenvalue weighted by molar-refractivity contribution is 0.308. The first-order valence-electron chi connectivity index (χ1n) is 38.1. The minimum absolute atomic E-state index is 0.313. The Kier molecular flexibility index (Phi) is 20.7. The van der Waals surface area contributed by atoms with Crippen LogP contribution in [0.25, 0.3) is 155 Å². The van der Waals surface area contributed by atoms with Crippen molar-refractivity contribution in [3.8, 4) is 91.5 Å². The Labute approximate surface area is 605 Å². The van der Waals surface area contributed by atoms with Crippen molar-refractivity contribution < 1.29 is 37.9 Å². The highest BCUT2D eigenvalue weighted by atomic mass is 16.5. The monoisotopic (exact) mass is 1390 g/mol. The van der Waals surface area contributed by atoms with E-state index in [1.54, 1.807) is 12.4 Å². The van der Waals surface area contributed by atoms with E-state index in [1.165, 1.54) is 0 Å². The molecule has 0 saturated heterocycles. The molecule has 2 aliphatic heterocycles. The Balaban J connectivity index is 1.22. The van der Waals surface area contributed by atoms with Gasteiger partial charge in [0.25, 0.3) is 0 Å². The average molecular weight is 1390 g/mol. The van der Waals surface area contributed by atoms with Crippen molar-refractivity contribution in [1.82, 2.24) is 49.8 Å². The van der Waals surface area contributed by atoms with Crippen LogP contribution in [-0.4, -0.2) is 103 Å². The summed E-state index contributed by atoms with van der Waals surface area (Å²) in [7, 11) is 0. The van der Waals surface area contributed by atoms with Crippen LogP contribution in [0.2, 0.25) is 0 Å². The molecule has 104 heavy (non-hydrogen) atoms. The number of rotatable bonds is 32. The zero-order chi connectivity index (χ0) is 71.2. The highest BCUT2D eigenvalue weighted by molar-refractivity contribution is 6.23. The zero-order valence-corrected chi connectivity index (χ0v) is 61.2. The number of hydrogen-bond acceptors (Lipinski definition) is 16. The topological polar surface area (TPSA) is 209 Å². The summed E-state index contributed by atoms with van der Waals surface area (Å²) in [6, 6.07) is 33.7. The van der Waals surface area contributed by atoms with E-state index in [1.807, 2.05) is 24.3 Å². The van der Waals surface area contributed by atoms with Gasteiger partial charge in [0, 0.05) is 44.7 Å². The van der Waals surface area contributed by atoms with Gasteiger partial charge in [-0.15, -0.1) is 0 Å². The molecule has 13 aromatic rings. The lowest BCUT2D eigenvalue weighted by Gasteiger charge is -2.19. The molecular formula is C86H92N10O8. The Hall–Kier alpha value is -10.6. The number of fused-ring (bicyclic) bond motifs is 26. The highest BCUT2D eigenvalue weighted by Crippen LogP contribution is 2.57. The van der Waals surface area contributed by atoms with Gasteiger partial charge in [-0.25, -0.2) is 29.9 Å². The van der Waals surface area contributed by atoms with Gasteiger partial charge in [-0.2, -0.15) is 0 Å². The van der Waals surface area contributed by atoms with Gasteiger partial charge in [-0.1, -0.05) is 155 Å². The standard InChI is InChI=1S/C86H92N10O8/c1-9-17-39-97-71-55-35-29-37-87-69(55)77(103-45-23-15-7)67-65(71)83-91-79-61-63(75(101-43-21-13-5)59-49-53-33-27-25-31-51(53)47-57(59)73(61)99-41-19-11-3)82(89-79)94-86-68-66(72(98-40-18-10-2)56-36-30-38-88-70(56)78(68)104-46-24-16-8)84(96-86)92-80-62-64(81(90-80)93-85(67)95-83)76(102-44-22-14-6)60-50-54-34-28-26-32-52(54)48-58(60)74(62)100-42-20-12-4/h25-38,47-50H,9-24,39-46H2,1-8H3,(H2,89,90,91,92,93,94,95,96). The first-order chi connectivity index (χ1) is 51.3. The molecule has 0 atom stereocenters. The minimum atomic E-state index is 0.313. The third kappa shape index (κ3) is 12.8. The van der Waals surface area contributed by atoms with E-state index >= 15 is 0 Å². The van der Waals surface area contributed by atoms with Crippen molar-refractivity contribution in [2.45, 2.75) is 158 Å². The van der Waals surface area contributed by atoms with Gasteiger partial charge in [0.2, 0.25) is 0 Å². The molecule has 15 rings (SSSR count). The normalized spacial score (nSPS) is 12.0. The Bertz CT molecular complexity index is 4910. The molecule has 0 saturated carbocycles. The second kappa shape index (κ2) is 31.1. The van der Waals surface area contributed by atoms with Crippen molar-refractivity contribution in [3.63, 3.8) is 0 Å². The van der Waals surface area contributed by atoms with Crippen LogP contribution in [-0.2, 0) is 0 Å². The van der Waals surface area contributed by atoms with Crippen molar-refractivity contribution in [2.24, 2.45) is 0 Å². The Morgan fingerprint density at radius 1 is 0.260 bits per heavy atom. The molecule has 8 aromatic carbocycles. The second-order valence-corrected chi connectivity index (χ2v) is 27.1. The van der Waals surface area contributed by atoms with Crippen LogP contribution < -0.4 is 37.9 Å². The molecule has 0 amide bonds. The maximum atomic E-state index is 7.30. The van der Waals surface area contributed by atoms with E-state index in [2.05, 4.69) is 138 Å². The van der Waals surface area contributed by atoms with Crippen LogP contribution >= 0.6 is 0 Å². The molecule has 5 aromatic heterocycles. The number of aromatic amines is 2. The molecule has 0 aliphatic carbocycles. The predicted molar refractivity (Wildman–Crippen MR) is 420 cm³/mol. The fourth-order valence-corrected chi connectivity index (χ4v) is 14.2. The predicted octanol–water partition coefficient (Wildman–Crippen LogP) is 22.0. The first kappa shape index (κ1) is 69.1. The van der Waals surface area contributed by atoms with E-state index in [9.17, 15) is 0 Å². The Morgan fingerprint density at radius 2 is 0.500 bits per heavy atom. The third-order valence-electron chi connectivity index (χ3n) is 19.7. The number of pyridine rings is 2. The molecule has 0 unspecified atom stereocenters. The van der Waals surface area contributed by atoms with E-state index in [-0.39, 0.29) is 0 Å². The van der Waals surface area contributed by atoms with E-state index in [0.717, 1.165) is 157 Å². The van der Waals surface area contributed by atoms with Crippen LogP contribution in [0.15, 0.2) is 109 Å². The molecule has 18 heteroatoms. The van der Waals surface area contributed by atoms with E-state index in [0.29, 0.717) is 200 Å².